The molecule has 2 rings (SSSR count). The van der Waals surface area contributed by atoms with Crippen molar-refractivity contribution in [3.63, 3.8) is 0 Å². The lowest BCUT2D eigenvalue weighted by molar-refractivity contribution is 0.465. The number of nitrogens with zero attached hydrogens (tertiary/aromatic N) is 2. The molecule has 2 aromatic heterocycles. The van der Waals surface area contributed by atoms with Crippen LogP contribution in [0.3, 0.4) is 0 Å². The van der Waals surface area contributed by atoms with Gasteiger partial charge in [-0.25, -0.2) is 0 Å². The van der Waals surface area contributed by atoms with Gasteiger partial charge in [0, 0.05) is 12.4 Å². The zero-order valence-electron chi connectivity index (χ0n) is 11.3. The quantitative estimate of drug-likeness (QED) is 0.809. The summed E-state index contributed by atoms with van der Waals surface area (Å²) in [6.45, 7) is 8.00. The summed E-state index contributed by atoms with van der Waals surface area (Å²) in [6, 6.07) is 6.21. The van der Waals surface area contributed by atoms with Gasteiger partial charge in [0.25, 0.3) is 0 Å². The van der Waals surface area contributed by atoms with E-state index in [-0.39, 0.29) is 22.9 Å². The van der Waals surface area contributed by atoms with E-state index in [1.54, 1.807) is 12.1 Å². The lowest BCUT2D eigenvalue weighted by atomic mass is 10.2. The molecular formula is C14H20N2O2. The molecule has 0 unspecified atom stereocenters. The van der Waals surface area contributed by atoms with Crippen LogP contribution in [0.2, 0.25) is 0 Å². The zero-order chi connectivity index (χ0) is 14.0. The predicted molar refractivity (Wildman–Crippen MR) is 73.5 cm³/mol. The summed E-state index contributed by atoms with van der Waals surface area (Å²) < 4.78 is 0. The van der Waals surface area contributed by atoms with E-state index in [0.29, 0.717) is 0 Å². The molecule has 0 saturated heterocycles. The maximum absolute atomic E-state index is 9.47. The Kier molecular flexibility index (Phi) is 7.94. The normalized spacial score (nSPS) is 8.44. The number of pyridine rings is 2. The fraction of sp³-hybridized carbons (Fsp3) is 0.286. The molecule has 0 aliphatic heterocycles. The first-order valence-corrected chi connectivity index (χ1v) is 6.07. The number of aromatic hydroxyl groups is 2. The van der Waals surface area contributed by atoms with Gasteiger partial charge in [0.1, 0.15) is 22.9 Å². The van der Waals surface area contributed by atoms with Crippen LogP contribution in [0, 0.1) is 0 Å². The van der Waals surface area contributed by atoms with Crippen molar-refractivity contribution in [3.05, 3.63) is 36.7 Å². The van der Waals surface area contributed by atoms with Crippen LogP contribution in [-0.2, 0) is 0 Å². The van der Waals surface area contributed by atoms with Crippen molar-refractivity contribution in [1.82, 2.24) is 9.97 Å². The van der Waals surface area contributed by atoms with Crippen LogP contribution < -0.4 is 0 Å². The van der Waals surface area contributed by atoms with Crippen molar-refractivity contribution < 1.29 is 10.2 Å². The molecule has 2 heterocycles. The first-order chi connectivity index (χ1) is 8.79. The van der Waals surface area contributed by atoms with E-state index >= 15 is 0 Å². The Morgan fingerprint density at radius 1 is 0.722 bits per heavy atom. The van der Waals surface area contributed by atoms with E-state index in [1.807, 2.05) is 27.7 Å². The van der Waals surface area contributed by atoms with Crippen molar-refractivity contribution in [2.45, 2.75) is 27.7 Å². The van der Waals surface area contributed by atoms with Gasteiger partial charge in [-0.2, -0.15) is 0 Å². The smallest absolute Gasteiger partial charge is 0.143 e. The monoisotopic (exact) mass is 248 g/mol. The molecule has 0 atom stereocenters. The highest BCUT2D eigenvalue weighted by molar-refractivity contribution is 5.67. The third-order valence-electron chi connectivity index (χ3n) is 1.80. The molecule has 98 valence electrons. The molecule has 0 saturated carbocycles. The molecule has 2 aromatic rings. The van der Waals surface area contributed by atoms with Crippen molar-refractivity contribution in [3.8, 4) is 22.9 Å². The topological polar surface area (TPSA) is 66.2 Å². The highest BCUT2D eigenvalue weighted by Crippen LogP contribution is 2.30. The van der Waals surface area contributed by atoms with Crippen LogP contribution in [0.5, 0.6) is 11.5 Å². The van der Waals surface area contributed by atoms with Crippen molar-refractivity contribution in [2.75, 3.05) is 0 Å². The molecule has 4 heteroatoms. The second-order valence-corrected chi connectivity index (χ2v) is 2.74. The summed E-state index contributed by atoms with van der Waals surface area (Å²) in [4.78, 5) is 7.87. The maximum Gasteiger partial charge on any atom is 0.143 e. The lowest BCUT2D eigenvalue weighted by Gasteiger charge is -2.03. The van der Waals surface area contributed by atoms with E-state index in [0.717, 1.165) is 0 Å². The number of hydrogen-bond donors (Lipinski definition) is 2. The predicted octanol–water partition coefficient (Wildman–Crippen LogP) is 3.61. The molecule has 0 aliphatic carbocycles. The maximum atomic E-state index is 9.47. The Bertz CT molecular complexity index is 416. The van der Waals surface area contributed by atoms with Crippen molar-refractivity contribution in [2.24, 2.45) is 0 Å². The van der Waals surface area contributed by atoms with Gasteiger partial charge in [-0.05, 0) is 24.3 Å². The van der Waals surface area contributed by atoms with Crippen LogP contribution >= 0.6 is 0 Å². The summed E-state index contributed by atoms with van der Waals surface area (Å²) in [7, 11) is 0. The van der Waals surface area contributed by atoms with Crippen LogP contribution in [-0.4, -0.2) is 20.2 Å². The Labute approximate surface area is 108 Å². The fourth-order valence-electron chi connectivity index (χ4n) is 1.16. The Morgan fingerprint density at radius 3 is 1.33 bits per heavy atom. The molecule has 0 aliphatic rings. The van der Waals surface area contributed by atoms with Crippen LogP contribution in [0.25, 0.3) is 11.4 Å². The average molecular weight is 248 g/mol. The van der Waals surface area contributed by atoms with Crippen molar-refractivity contribution >= 4 is 0 Å². The van der Waals surface area contributed by atoms with E-state index in [9.17, 15) is 10.2 Å². The van der Waals surface area contributed by atoms with Gasteiger partial charge < -0.3 is 10.2 Å². The minimum absolute atomic E-state index is 0.00139. The highest BCUT2D eigenvalue weighted by Gasteiger charge is 2.09. The van der Waals surface area contributed by atoms with Crippen LogP contribution in [0.1, 0.15) is 27.7 Å². The summed E-state index contributed by atoms with van der Waals surface area (Å²) in [6.07, 6.45) is 3.06. The fourth-order valence-corrected chi connectivity index (χ4v) is 1.16. The largest absolute Gasteiger partial charge is 0.506 e. The van der Waals surface area contributed by atoms with Gasteiger partial charge in [0.2, 0.25) is 0 Å². The Balaban J connectivity index is 0.000000659. The number of rotatable bonds is 1. The van der Waals surface area contributed by atoms with Crippen LogP contribution in [0.4, 0.5) is 0 Å². The van der Waals surface area contributed by atoms with Gasteiger partial charge >= 0.3 is 0 Å². The van der Waals surface area contributed by atoms with E-state index in [1.165, 1.54) is 24.5 Å². The van der Waals surface area contributed by atoms with Crippen LogP contribution in [0.15, 0.2) is 36.7 Å². The van der Waals surface area contributed by atoms with E-state index in [2.05, 4.69) is 9.97 Å². The lowest BCUT2D eigenvalue weighted by Crippen LogP contribution is -1.87. The summed E-state index contributed by atoms with van der Waals surface area (Å²) >= 11 is 0. The Hall–Kier alpha value is -2.10. The van der Waals surface area contributed by atoms with Gasteiger partial charge in [-0.1, -0.05) is 27.7 Å². The highest BCUT2D eigenvalue weighted by atomic mass is 16.3. The van der Waals surface area contributed by atoms with Crippen molar-refractivity contribution in [1.29, 1.82) is 0 Å². The molecule has 18 heavy (non-hydrogen) atoms. The molecule has 0 amide bonds. The molecule has 0 radical (unpaired) electrons. The number of hydrogen-bond acceptors (Lipinski definition) is 4. The molecule has 0 bridgehead atoms. The minimum Gasteiger partial charge on any atom is -0.506 e. The third kappa shape index (κ3) is 4.05. The van der Waals surface area contributed by atoms with Gasteiger partial charge in [-0.15, -0.1) is 0 Å². The third-order valence-corrected chi connectivity index (χ3v) is 1.80. The van der Waals surface area contributed by atoms with E-state index < -0.39 is 0 Å². The summed E-state index contributed by atoms with van der Waals surface area (Å²) in [5.74, 6) is 0.00278. The second-order valence-electron chi connectivity index (χ2n) is 2.74. The molecule has 2 N–H and O–H groups in total. The van der Waals surface area contributed by atoms with E-state index in [4.69, 9.17) is 0 Å². The Morgan fingerprint density at radius 2 is 1.06 bits per heavy atom. The zero-order valence-corrected chi connectivity index (χ0v) is 11.3. The average Bonchev–Trinajstić information content (AvgIpc) is 2.45. The number of aromatic nitrogens is 2. The first kappa shape index (κ1) is 15.9. The molecular weight excluding hydrogens is 228 g/mol. The first-order valence-electron chi connectivity index (χ1n) is 6.07. The second kappa shape index (κ2) is 8.98. The van der Waals surface area contributed by atoms with Gasteiger partial charge in [0.05, 0.1) is 0 Å². The standard InChI is InChI=1S/C10H8N2O2.2C2H6/c13-7-3-1-5-11-9(7)10-8(14)4-2-6-12-10;2*1-2/h1-6,13-14H;2*1-2H3. The summed E-state index contributed by atoms with van der Waals surface area (Å²) in [5, 5.41) is 18.9. The molecule has 4 nitrogen and oxygen atoms in total. The molecule has 0 aromatic carbocycles. The SMILES string of the molecule is CC.CC.Oc1cccnc1-c1ncccc1O. The minimum atomic E-state index is 0.00139. The van der Waals surface area contributed by atoms with Gasteiger partial charge in [-0.3, -0.25) is 9.97 Å². The summed E-state index contributed by atoms with van der Waals surface area (Å²) in [5.41, 5.74) is 0.566. The molecule has 0 fully saturated rings. The van der Waals surface area contributed by atoms with Gasteiger partial charge in [0.15, 0.2) is 0 Å². The molecule has 0 spiro atoms.